The average molecular weight is 240 g/mol. The highest BCUT2D eigenvalue weighted by molar-refractivity contribution is 6.74. The summed E-state index contributed by atoms with van der Waals surface area (Å²) in [6.07, 6.45) is 3.44. The van der Waals surface area contributed by atoms with Gasteiger partial charge in [-0.25, -0.2) is 0 Å². The molecule has 0 radical (unpaired) electrons. The molecule has 1 unspecified atom stereocenters. The van der Waals surface area contributed by atoms with Gasteiger partial charge in [-0.05, 0) is 43.0 Å². The molecule has 0 saturated heterocycles. The van der Waals surface area contributed by atoms with Gasteiger partial charge in [-0.2, -0.15) is 0 Å². The third-order valence-electron chi connectivity index (χ3n) is 3.76. The smallest absolute Gasteiger partial charge is 0.193 e. The molecular formula is C13H24O2Si. The molecule has 0 bridgehead atoms. The fourth-order valence-electron chi connectivity index (χ4n) is 1.40. The second-order valence-electron chi connectivity index (χ2n) is 6.24. The maximum Gasteiger partial charge on any atom is 0.193 e. The maximum absolute atomic E-state index is 11.8. The molecule has 92 valence electrons. The van der Waals surface area contributed by atoms with Crippen molar-refractivity contribution in [3.8, 4) is 0 Å². The first-order chi connectivity index (χ1) is 7.19. The van der Waals surface area contributed by atoms with Crippen molar-refractivity contribution in [3.63, 3.8) is 0 Å². The van der Waals surface area contributed by atoms with Gasteiger partial charge in [-0.15, -0.1) is 0 Å². The van der Waals surface area contributed by atoms with Crippen LogP contribution >= 0.6 is 0 Å². The minimum Gasteiger partial charge on any atom is -0.406 e. The van der Waals surface area contributed by atoms with Gasteiger partial charge >= 0.3 is 0 Å². The van der Waals surface area contributed by atoms with Crippen molar-refractivity contribution in [2.24, 2.45) is 5.92 Å². The highest BCUT2D eigenvalue weighted by Crippen LogP contribution is 2.42. The molecule has 0 aromatic rings. The lowest BCUT2D eigenvalue weighted by atomic mass is 10.1. The van der Waals surface area contributed by atoms with Crippen molar-refractivity contribution in [1.82, 2.24) is 0 Å². The quantitative estimate of drug-likeness (QED) is 0.543. The number of rotatable bonds is 5. The number of hydrogen-bond donors (Lipinski definition) is 0. The molecular weight excluding hydrogens is 216 g/mol. The van der Waals surface area contributed by atoms with E-state index in [4.69, 9.17) is 4.43 Å². The van der Waals surface area contributed by atoms with E-state index >= 15 is 0 Å². The molecule has 0 N–H and O–H groups in total. The summed E-state index contributed by atoms with van der Waals surface area (Å²) >= 11 is 0. The first-order valence-electron chi connectivity index (χ1n) is 6.03. The van der Waals surface area contributed by atoms with Crippen LogP contribution in [-0.4, -0.2) is 20.2 Å². The highest BCUT2D eigenvalue weighted by Gasteiger charge is 2.44. The van der Waals surface area contributed by atoms with Crippen LogP contribution in [0.4, 0.5) is 0 Å². The fraction of sp³-hybridized carbons (Fsp3) is 0.769. The Kier molecular flexibility index (Phi) is 3.80. The second kappa shape index (κ2) is 4.45. The van der Waals surface area contributed by atoms with Crippen molar-refractivity contribution in [1.29, 1.82) is 0 Å². The predicted molar refractivity (Wildman–Crippen MR) is 70.0 cm³/mol. The summed E-state index contributed by atoms with van der Waals surface area (Å²) in [5.41, 5.74) is 0. The fourth-order valence-corrected chi connectivity index (χ4v) is 2.69. The molecule has 1 aliphatic rings. The van der Waals surface area contributed by atoms with Gasteiger partial charge in [0.25, 0.3) is 0 Å². The van der Waals surface area contributed by atoms with E-state index < -0.39 is 8.32 Å². The average Bonchev–Trinajstić information content (AvgIpc) is 2.94. The van der Waals surface area contributed by atoms with Crippen LogP contribution in [0, 0.1) is 5.92 Å². The van der Waals surface area contributed by atoms with Gasteiger partial charge in [0, 0.05) is 0 Å². The van der Waals surface area contributed by atoms with Crippen LogP contribution in [0.3, 0.4) is 0 Å². The topological polar surface area (TPSA) is 26.3 Å². The van der Waals surface area contributed by atoms with E-state index in [1.165, 1.54) is 6.08 Å². The summed E-state index contributed by atoms with van der Waals surface area (Å²) in [5.74, 6) is 0.506. The number of carbonyl (C=O) groups excluding carboxylic acids is 1. The Labute approximate surface area is 100 Å². The zero-order valence-corrected chi connectivity index (χ0v) is 12.2. The third-order valence-corrected chi connectivity index (χ3v) is 8.22. The van der Waals surface area contributed by atoms with Crippen LogP contribution in [-0.2, 0) is 9.22 Å². The van der Waals surface area contributed by atoms with Gasteiger partial charge < -0.3 is 4.43 Å². The van der Waals surface area contributed by atoms with Crippen molar-refractivity contribution >= 4 is 14.1 Å². The van der Waals surface area contributed by atoms with Gasteiger partial charge in [0.05, 0.1) is 0 Å². The van der Waals surface area contributed by atoms with Crippen LogP contribution in [0.1, 0.15) is 33.6 Å². The van der Waals surface area contributed by atoms with Gasteiger partial charge in [-0.1, -0.05) is 27.4 Å². The summed E-state index contributed by atoms with van der Waals surface area (Å²) in [5, 5.41) is 0.154. The van der Waals surface area contributed by atoms with E-state index in [1.807, 2.05) is 0 Å². The minimum absolute atomic E-state index is 0.0623. The molecule has 0 aromatic heterocycles. The van der Waals surface area contributed by atoms with Gasteiger partial charge in [0.15, 0.2) is 14.1 Å². The van der Waals surface area contributed by atoms with E-state index in [1.54, 1.807) is 0 Å². The molecule has 0 heterocycles. The van der Waals surface area contributed by atoms with Crippen LogP contribution < -0.4 is 0 Å². The Morgan fingerprint density at radius 1 is 1.44 bits per heavy atom. The molecule has 1 fully saturated rings. The van der Waals surface area contributed by atoms with E-state index in [0.717, 1.165) is 12.8 Å². The Hall–Kier alpha value is -0.413. The van der Waals surface area contributed by atoms with Crippen molar-refractivity contribution in [2.75, 3.05) is 0 Å². The Morgan fingerprint density at radius 3 is 2.25 bits per heavy atom. The summed E-state index contributed by atoms with van der Waals surface area (Å²) in [7, 11) is -1.84. The van der Waals surface area contributed by atoms with Gasteiger partial charge in [0.1, 0.15) is 6.10 Å². The van der Waals surface area contributed by atoms with E-state index in [9.17, 15) is 4.79 Å². The molecule has 1 aliphatic carbocycles. The van der Waals surface area contributed by atoms with Gasteiger partial charge in [-0.3, -0.25) is 4.79 Å². The lowest BCUT2D eigenvalue weighted by molar-refractivity contribution is -0.122. The monoisotopic (exact) mass is 240 g/mol. The Bertz CT molecular complexity index is 285. The molecule has 3 heteroatoms. The first kappa shape index (κ1) is 13.7. The Morgan fingerprint density at radius 2 is 1.94 bits per heavy atom. The number of carbonyl (C=O) groups is 1. The summed E-state index contributed by atoms with van der Waals surface area (Å²) in [4.78, 5) is 11.8. The number of hydrogen-bond acceptors (Lipinski definition) is 2. The van der Waals surface area contributed by atoms with Crippen LogP contribution in [0.25, 0.3) is 0 Å². The van der Waals surface area contributed by atoms with Crippen molar-refractivity contribution in [2.45, 2.75) is 57.8 Å². The molecule has 1 rings (SSSR count). The van der Waals surface area contributed by atoms with Crippen LogP contribution in [0.2, 0.25) is 18.1 Å². The second-order valence-corrected chi connectivity index (χ2v) is 11.0. The lowest BCUT2D eigenvalue weighted by Gasteiger charge is -2.38. The molecule has 2 nitrogen and oxygen atoms in total. The van der Waals surface area contributed by atoms with E-state index in [0.29, 0.717) is 5.92 Å². The molecule has 0 amide bonds. The largest absolute Gasteiger partial charge is 0.406 e. The molecule has 1 atom stereocenters. The molecule has 0 aliphatic heterocycles. The first-order valence-corrected chi connectivity index (χ1v) is 8.94. The normalized spacial score (nSPS) is 19.3. The Balaban J connectivity index is 2.75. The molecule has 1 saturated carbocycles. The van der Waals surface area contributed by atoms with Crippen molar-refractivity contribution < 1.29 is 9.22 Å². The maximum atomic E-state index is 11.8. The standard InChI is InChI=1S/C13H24O2Si/c1-7-11(14)12(10-8-9-10)15-16(5,6)13(2,3)4/h7,10,12H,1,8-9H2,2-6H3. The van der Waals surface area contributed by atoms with Gasteiger partial charge in [0.2, 0.25) is 0 Å². The predicted octanol–water partition coefficient (Wildman–Crippen LogP) is 3.54. The van der Waals surface area contributed by atoms with Crippen LogP contribution in [0.15, 0.2) is 12.7 Å². The third kappa shape index (κ3) is 3.05. The summed E-state index contributed by atoms with van der Waals surface area (Å²) in [6.45, 7) is 14.5. The van der Waals surface area contributed by atoms with E-state index in [-0.39, 0.29) is 16.9 Å². The van der Waals surface area contributed by atoms with Crippen molar-refractivity contribution in [3.05, 3.63) is 12.7 Å². The zero-order chi connectivity index (χ0) is 12.6. The molecule has 0 spiro atoms. The van der Waals surface area contributed by atoms with Crippen LogP contribution in [0.5, 0.6) is 0 Å². The zero-order valence-electron chi connectivity index (χ0n) is 11.2. The molecule has 0 aromatic carbocycles. The SMILES string of the molecule is C=CC(=O)C(O[Si](C)(C)C(C)(C)C)C1CC1. The van der Waals surface area contributed by atoms with E-state index in [2.05, 4.69) is 40.4 Å². The summed E-state index contributed by atoms with van der Waals surface area (Å²) < 4.78 is 6.20. The highest BCUT2D eigenvalue weighted by atomic mass is 28.4. The molecule has 16 heavy (non-hydrogen) atoms. The minimum atomic E-state index is -1.84. The lowest BCUT2D eigenvalue weighted by Crippen LogP contribution is -2.46. The summed E-state index contributed by atoms with van der Waals surface area (Å²) in [6, 6.07) is 0. The number of ketones is 1.